The van der Waals surface area contributed by atoms with Crippen LogP contribution in [0.15, 0.2) is 17.0 Å². The number of halogens is 1. The zero-order chi connectivity index (χ0) is 12.6. The smallest absolute Gasteiger partial charge is 0.257 e. The zero-order valence-electron chi connectivity index (χ0n) is 9.66. The number of hydrogen-bond donors (Lipinski definition) is 2. The predicted octanol–water partition coefficient (Wildman–Crippen LogP) is 2.70. The van der Waals surface area contributed by atoms with Crippen molar-refractivity contribution in [3.8, 4) is 0 Å². The van der Waals surface area contributed by atoms with Gasteiger partial charge in [0.15, 0.2) is 6.10 Å². The van der Waals surface area contributed by atoms with Crippen LogP contribution in [0.25, 0.3) is 0 Å². The quantitative estimate of drug-likeness (QED) is 0.816. The minimum atomic E-state index is -1.25. The number of nitrogens with one attached hydrogen (secondary N) is 1. The molecule has 0 radical (unpaired) electrons. The van der Waals surface area contributed by atoms with E-state index in [0.717, 1.165) is 6.42 Å². The topological polar surface area (TPSA) is 49.3 Å². The van der Waals surface area contributed by atoms with E-state index in [2.05, 4.69) is 5.32 Å². The molecule has 2 rings (SSSR count). The van der Waals surface area contributed by atoms with Crippen LogP contribution in [0.1, 0.15) is 31.9 Å². The van der Waals surface area contributed by atoms with E-state index >= 15 is 0 Å². The molecule has 1 aromatic rings. The van der Waals surface area contributed by atoms with E-state index in [-0.39, 0.29) is 5.82 Å². The van der Waals surface area contributed by atoms with E-state index in [1.807, 2.05) is 13.8 Å². The Labute approximate surface area is 103 Å². The first kappa shape index (κ1) is 12.4. The summed E-state index contributed by atoms with van der Waals surface area (Å²) >= 11 is 1.43. The molecule has 3 nitrogen and oxygen atoms in total. The van der Waals surface area contributed by atoms with Crippen molar-refractivity contribution in [1.29, 1.82) is 0 Å². The van der Waals surface area contributed by atoms with Gasteiger partial charge in [0.2, 0.25) is 0 Å². The third-order valence-electron chi connectivity index (χ3n) is 2.81. The Morgan fingerprint density at radius 2 is 2.29 bits per heavy atom. The van der Waals surface area contributed by atoms with Gasteiger partial charge in [0.1, 0.15) is 5.82 Å². The highest BCUT2D eigenvalue weighted by Crippen LogP contribution is 2.37. The van der Waals surface area contributed by atoms with E-state index < -0.39 is 12.0 Å². The largest absolute Gasteiger partial charge is 0.378 e. The number of anilines is 1. The van der Waals surface area contributed by atoms with E-state index in [9.17, 15) is 14.3 Å². The maximum atomic E-state index is 13.8. The minimum Gasteiger partial charge on any atom is -0.378 e. The van der Waals surface area contributed by atoms with Gasteiger partial charge in [0.05, 0.1) is 0 Å². The first-order valence-corrected chi connectivity index (χ1v) is 6.40. The standard InChI is InChI=1S/C12H14FNO2S/c1-3-6(2)17-10-5-9-7(4-8(10)13)11(15)12(16)14-9/h4-6,11,15H,3H2,1-2H3,(H,14,16). The Bertz CT molecular complexity index is 464. The second kappa shape index (κ2) is 4.66. The average molecular weight is 255 g/mol. The third-order valence-corrected chi connectivity index (χ3v) is 4.11. The summed E-state index contributed by atoms with van der Waals surface area (Å²) in [4.78, 5) is 11.7. The summed E-state index contributed by atoms with van der Waals surface area (Å²) in [6.45, 7) is 4.05. The van der Waals surface area contributed by atoms with E-state index in [4.69, 9.17) is 0 Å². The molecule has 2 atom stereocenters. The number of carbonyl (C=O) groups excluding carboxylic acids is 1. The summed E-state index contributed by atoms with van der Waals surface area (Å²) < 4.78 is 13.8. The molecule has 2 unspecified atom stereocenters. The Morgan fingerprint density at radius 1 is 1.59 bits per heavy atom. The summed E-state index contributed by atoms with van der Waals surface area (Å²) in [7, 11) is 0. The van der Waals surface area contributed by atoms with Crippen LogP contribution < -0.4 is 5.32 Å². The van der Waals surface area contributed by atoms with Crippen molar-refractivity contribution < 1.29 is 14.3 Å². The number of fused-ring (bicyclic) bond motifs is 1. The monoisotopic (exact) mass is 255 g/mol. The molecule has 0 saturated carbocycles. The molecule has 0 bridgehead atoms. The van der Waals surface area contributed by atoms with Crippen LogP contribution in [-0.4, -0.2) is 16.3 Å². The molecule has 17 heavy (non-hydrogen) atoms. The molecule has 5 heteroatoms. The molecule has 1 aromatic carbocycles. The van der Waals surface area contributed by atoms with Crippen LogP contribution in [0, 0.1) is 5.82 Å². The summed E-state index contributed by atoms with van der Waals surface area (Å²) in [5.74, 6) is -0.880. The van der Waals surface area contributed by atoms with Gasteiger partial charge in [-0.1, -0.05) is 13.8 Å². The van der Waals surface area contributed by atoms with Crippen molar-refractivity contribution in [2.75, 3.05) is 5.32 Å². The maximum absolute atomic E-state index is 13.8. The lowest BCUT2D eigenvalue weighted by molar-refractivity contribution is -0.123. The Hall–Kier alpha value is -1.07. The number of amides is 1. The van der Waals surface area contributed by atoms with Gasteiger partial charge in [0.25, 0.3) is 5.91 Å². The number of carbonyl (C=O) groups is 1. The Morgan fingerprint density at radius 3 is 2.94 bits per heavy atom. The Kier molecular flexibility index (Phi) is 3.40. The highest BCUT2D eigenvalue weighted by atomic mass is 32.2. The fourth-order valence-electron chi connectivity index (χ4n) is 1.64. The number of benzene rings is 1. The first-order chi connectivity index (χ1) is 8.02. The number of thioether (sulfide) groups is 1. The lowest BCUT2D eigenvalue weighted by Crippen LogP contribution is -2.10. The van der Waals surface area contributed by atoms with Crippen LogP contribution in [0.2, 0.25) is 0 Å². The Balaban J connectivity index is 2.33. The van der Waals surface area contributed by atoms with Crippen molar-refractivity contribution >= 4 is 23.4 Å². The van der Waals surface area contributed by atoms with Crippen molar-refractivity contribution in [3.05, 3.63) is 23.5 Å². The van der Waals surface area contributed by atoms with Crippen molar-refractivity contribution in [2.24, 2.45) is 0 Å². The van der Waals surface area contributed by atoms with Gasteiger partial charge in [-0.2, -0.15) is 0 Å². The van der Waals surface area contributed by atoms with Crippen LogP contribution >= 0.6 is 11.8 Å². The summed E-state index contributed by atoms with van der Waals surface area (Å²) in [6, 6.07) is 2.83. The number of aliphatic hydroxyl groups excluding tert-OH is 1. The van der Waals surface area contributed by atoms with Gasteiger partial charge in [-0.3, -0.25) is 4.79 Å². The number of hydrogen-bond acceptors (Lipinski definition) is 3. The SMILES string of the molecule is CCC(C)Sc1cc2c(cc1F)C(O)C(=O)N2. The number of aliphatic hydroxyl groups is 1. The molecule has 0 fully saturated rings. The fourth-order valence-corrected chi connectivity index (χ4v) is 2.59. The van der Waals surface area contributed by atoms with Gasteiger partial charge in [-0.25, -0.2) is 4.39 Å². The van der Waals surface area contributed by atoms with Crippen molar-refractivity contribution in [3.63, 3.8) is 0 Å². The molecule has 1 heterocycles. The van der Waals surface area contributed by atoms with E-state index in [0.29, 0.717) is 21.4 Å². The maximum Gasteiger partial charge on any atom is 0.257 e. The summed E-state index contributed by atoms with van der Waals surface area (Å²) in [6.07, 6.45) is -0.307. The van der Waals surface area contributed by atoms with Crippen LogP contribution in [0.5, 0.6) is 0 Å². The van der Waals surface area contributed by atoms with Gasteiger partial charge >= 0.3 is 0 Å². The van der Waals surface area contributed by atoms with Crippen molar-refractivity contribution in [1.82, 2.24) is 0 Å². The lowest BCUT2D eigenvalue weighted by Gasteiger charge is -2.10. The normalized spacial score (nSPS) is 20.0. The lowest BCUT2D eigenvalue weighted by atomic mass is 10.1. The molecule has 1 aliphatic heterocycles. The first-order valence-electron chi connectivity index (χ1n) is 5.52. The highest BCUT2D eigenvalue weighted by molar-refractivity contribution is 8.00. The highest BCUT2D eigenvalue weighted by Gasteiger charge is 2.30. The summed E-state index contributed by atoms with van der Waals surface area (Å²) in [5.41, 5.74) is 0.829. The predicted molar refractivity (Wildman–Crippen MR) is 65.6 cm³/mol. The molecular weight excluding hydrogens is 241 g/mol. The van der Waals surface area contributed by atoms with E-state index in [1.165, 1.54) is 17.8 Å². The van der Waals surface area contributed by atoms with Crippen molar-refractivity contribution in [2.45, 2.75) is 36.5 Å². The van der Waals surface area contributed by atoms with Gasteiger partial charge in [0, 0.05) is 21.4 Å². The molecule has 1 aliphatic rings. The fraction of sp³-hybridized carbons (Fsp3) is 0.417. The minimum absolute atomic E-state index is 0.310. The molecule has 0 aromatic heterocycles. The molecule has 2 N–H and O–H groups in total. The molecular formula is C12H14FNO2S. The number of rotatable bonds is 3. The van der Waals surface area contributed by atoms with Crippen LogP contribution in [0.3, 0.4) is 0 Å². The van der Waals surface area contributed by atoms with Crippen LogP contribution in [0.4, 0.5) is 10.1 Å². The molecule has 92 valence electrons. The average Bonchev–Trinajstić information content (AvgIpc) is 2.56. The second-order valence-electron chi connectivity index (χ2n) is 4.10. The van der Waals surface area contributed by atoms with E-state index in [1.54, 1.807) is 6.07 Å². The molecule has 0 spiro atoms. The molecule has 1 amide bonds. The van der Waals surface area contributed by atoms with Gasteiger partial charge in [-0.15, -0.1) is 11.8 Å². The molecule has 0 saturated heterocycles. The third kappa shape index (κ3) is 2.30. The zero-order valence-corrected chi connectivity index (χ0v) is 10.5. The molecule has 0 aliphatic carbocycles. The summed E-state index contributed by atoms with van der Waals surface area (Å²) in [5, 5.41) is 12.4. The van der Waals surface area contributed by atoms with Gasteiger partial charge < -0.3 is 10.4 Å². The van der Waals surface area contributed by atoms with Gasteiger partial charge in [-0.05, 0) is 18.6 Å². The second-order valence-corrected chi connectivity index (χ2v) is 5.58. The van der Waals surface area contributed by atoms with Crippen LogP contribution in [-0.2, 0) is 4.79 Å².